The van der Waals surface area contributed by atoms with E-state index in [0.717, 1.165) is 19.6 Å². The molecule has 3 atom stereocenters. The zero-order valence-electron chi connectivity index (χ0n) is 10.1. The highest BCUT2D eigenvalue weighted by Crippen LogP contribution is 2.19. The van der Waals surface area contributed by atoms with Crippen LogP contribution in [-0.4, -0.2) is 50.2 Å². The number of likely N-dealkylation sites (N-methyl/N-ethyl adjacent to an activating group) is 1. The van der Waals surface area contributed by atoms with Gasteiger partial charge in [0.05, 0.1) is 12.1 Å². The summed E-state index contributed by atoms with van der Waals surface area (Å²) < 4.78 is 5.47. The average Bonchev–Trinajstić information content (AvgIpc) is 2.62. The van der Waals surface area contributed by atoms with E-state index < -0.39 is 0 Å². The molecule has 1 heterocycles. The van der Waals surface area contributed by atoms with E-state index in [1.54, 1.807) is 0 Å². The minimum Gasteiger partial charge on any atom is -0.376 e. The number of rotatable bonds is 4. The number of hydrogen-bond acceptors (Lipinski definition) is 3. The maximum absolute atomic E-state index is 12.0. The molecule has 1 amide bonds. The fourth-order valence-corrected chi connectivity index (χ4v) is 2.13. The van der Waals surface area contributed by atoms with E-state index in [0.29, 0.717) is 0 Å². The van der Waals surface area contributed by atoms with Gasteiger partial charge in [0.1, 0.15) is 0 Å². The van der Waals surface area contributed by atoms with E-state index in [4.69, 9.17) is 4.74 Å². The van der Waals surface area contributed by atoms with Crippen LogP contribution in [0.1, 0.15) is 20.3 Å². The maximum Gasteiger partial charge on any atom is 0.226 e. The highest BCUT2D eigenvalue weighted by atomic mass is 16.5. The topological polar surface area (TPSA) is 41.6 Å². The third kappa shape index (κ3) is 2.92. The third-order valence-corrected chi connectivity index (χ3v) is 3.11. The van der Waals surface area contributed by atoms with E-state index >= 15 is 0 Å². The summed E-state index contributed by atoms with van der Waals surface area (Å²) in [6, 6.07) is 0.247. The number of carbonyl (C=O) groups excluding carboxylic acids is 1. The molecule has 1 aliphatic heterocycles. The highest BCUT2D eigenvalue weighted by molar-refractivity contribution is 5.78. The van der Waals surface area contributed by atoms with Crippen LogP contribution in [0.3, 0.4) is 0 Å². The van der Waals surface area contributed by atoms with Gasteiger partial charge in [-0.3, -0.25) is 4.79 Å². The molecule has 1 rings (SSSR count). The molecular formula is C11H22N2O2. The van der Waals surface area contributed by atoms with Crippen LogP contribution in [0, 0.1) is 5.92 Å². The van der Waals surface area contributed by atoms with Crippen molar-refractivity contribution in [1.82, 2.24) is 10.2 Å². The second-order valence-corrected chi connectivity index (χ2v) is 4.34. The second-order valence-electron chi connectivity index (χ2n) is 4.34. The molecule has 1 fully saturated rings. The Morgan fingerprint density at radius 1 is 1.67 bits per heavy atom. The Morgan fingerprint density at radius 2 is 2.33 bits per heavy atom. The first-order valence-corrected chi connectivity index (χ1v) is 5.60. The quantitative estimate of drug-likeness (QED) is 0.740. The molecule has 1 N–H and O–H groups in total. The van der Waals surface area contributed by atoms with Crippen LogP contribution in [0.15, 0.2) is 0 Å². The smallest absolute Gasteiger partial charge is 0.226 e. The van der Waals surface area contributed by atoms with Gasteiger partial charge in [0.25, 0.3) is 0 Å². The molecule has 0 aromatic carbocycles. The average molecular weight is 214 g/mol. The molecule has 15 heavy (non-hydrogen) atoms. The first kappa shape index (κ1) is 12.5. The van der Waals surface area contributed by atoms with E-state index in [1.165, 1.54) is 0 Å². The van der Waals surface area contributed by atoms with Crippen molar-refractivity contribution >= 4 is 5.91 Å². The van der Waals surface area contributed by atoms with Gasteiger partial charge in [0, 0.05) is 26.1 Å². The summed E-state index contributed by atoms with van der Waals surface area (Å²) in [4.78, 5) is 13.8. The van der Waals surface area contributed by atoms with Crippen LogP contribution >= 0.6 is 0 Å². The molecule has 0 aliphatic carbocycles. The van der Waals surface area contributed by atoms with Gasteiger partial charge in [0.15, 0.2) is 0 Å². The summed E-state index contributed by atoms with van der Waals surface area (Å²) >= 11 is 0. The third-order valence-electron chi connectivity index (χ3n) is 3.11. The van der Waals surface area contributed by atoms with Gasteiger partial charge in [-0.05, 0) is 20.4 Å². The predicted octanol–water partition coefficient (Wildman–Crippen LogP) is 0.478. The molecule has 88 valence electrons. The van der Waals surface area contributed by atoms with Crippen molar-refractivity contribution < 1.29 is 9.53 Å². The molecular weight excluding hydrogens is 192 g/mol. The van der Waals surface area contributed by atoms with Crippen molar-refractivity contribution in [2.75, 3.05) is 27.2 Å². The first-order chi connectivity index (χ1) is 7.07. The Labute approximate surface area is 92.0 Å². The molecule has 0 spiro atoms. The monoisotopic (exact) mass is 214 g/mol. The Balaban J connectivity index is 2.51. The summed E-state index contributed by atoms with van der Waals surface area (Å²) in [6.45, 7) is 5.48. The number of amides is 1. The lowest BCUT2D eigenvalue weighted by atomic mass is 10.1. The van der Waals surface area contributed by atoms with Crippen molar-refractivity contribution in [3.8, 4) is 0 Å². The lowest BCUT2D eigenvalue weighted by Gasteiger charge is -2.29. The zero-order valence-corrected chi connectivity index (χ0v) is 10.1. The maximum atomic E-state index is 12.0. The number of nitrogens with one attached hydrogen (secondary N) is 1. The van der Waals surface area contributed by atoms with Crippen molar-refractivity contribution in [2.45, 2.75) is 32.4 Å². The molecule has 1 aliphatic rings. The first-order valence-electron chi connectivity index (χ1n) is 5.60. The Kier molecular flexibility index (Phi) is 4.54. The SMILES string of the molecule is CNCC(C)C(=O)N(C)C1CCOC1C. The van der Waals surface area contributed by atoms with E-state index in [9.17, 15) is 4.79 Å². The predicted molar refractivity (Wildman–Crippen MR) is 59.7 cm³/mol. The van der Waals surface area contributed by atoms with Crippen LogP contribution < -0.4 is 5.32 Å². The lowest BCUT2D eigenvalue weighted by molar-refractivity contribution is -0.136. The van der Waals surface area contributed by atoms with E-state index in [-0.39, 0.29) is 24.0 Å². The fourth-order valence-electron chi connectivity index (χ4n) is 2.13. The Bertz CT molecular complexity index is 221. The van der Waals surface area contributed by atoms with Crippen molar-refractivity contribution in [3.63, 3.8) is 0 Å². The summed E-state index contributed by atoms with van der Waals surface area (Å²) in [5.74, 6) is 0.236. The number of hydrogen-bond donors (Lipinski definition) is 1. The van der Waals surface area contributed by atoms with Crippen molar-refractivity contribution in [3.05, 3.63) is 0 Å². The summed E-state index contributed by atoms with van der Waals surface area (Å²) in [5, 5.41) is 3.03. The van der Waals surface area contributed by atoms with Gasteiger partial charge in [-0.1, -0.05) is 6.92 Å². The standard InChI is InChI=1S/C11H22N2O2/c1-8(7-12-3)11(14)13(4)10-5-6-15-9(10)2/h8-10,12H,5-7H2,1-4H3. The van der Waals surface area contributed by atoms with Crippen LogP contribution in [0.2, 0.25) is 0 Å². The summed E-state index contributed by atoms with van der Waals surface area (Å²) in [6.07, 6.45) is 1.12. The molecule has 0 bridgehead atoms. The van der Waals surface area contributed by atoms with Crippen LogP contribution in [0.4, 0.5) is 0 Å². The molecule has 0 aromatic rings. The lowest BCUT2D eigenvalue weighted by Crippen LogP contribution is -2.45. The molecule has 0 radical (unpaired) electrons. The van der Waals surface area contributed by atoms with Gasteiger partial charge in [-0.25, -0.2) is 0 Å². The number of carbonyl (C=O) groups is 1. The minimum absolute atomic E-state index is 0.0350. The van der Waals surface area contributed by atoms with Crippen molar-refractivity contribution in [1.29, 1.82) is 0 Å². The second kappa shape index (κ2) is 5.47. The van der Waals surface area contributed by atoms with Gasteiger partial charge >= 0.3 is 0 Å². The Hall–Kier alpha value is -0.610. The van der Waals surface area contributed by atoms with Crippen LogP contribution in [0.25, 0.3) is 0 Å². The Morgan fingerprint density at radius 3 is 2.80 bits per heavy atom. The summed E-state index contributed by atoms with van der Waals surface area (Å²) in [5.41, 5.74) is 0. The molecule has 4 nitrogen and oxygen atoms in total. The van der Waals surface area contributed by atoms with Crippen molar-refractivity contribution in [2.24, 2.45) is 5.92 Å². The number of ether oxygens (including phenoxy) is 1. The molecule has 4 heteroatoms. The number of nitrogens with zero attached hydrogens (tertiary/aromatic N) is 1. The van der Waals surface area contributed by atoms with Crippen LogP contribution in [-0.2, 0) is 9.53 Å². The van der Waals surface area contributed by atoms with Gasteiger partial charge in [-0.2, -0.15) is 0 Å². The molecule has 0 aromatic heterocycles. The normalized spacial score (nSPS) is 27.7. The summed E-state index contributed by atoms with van der Waals surface area (Å²) in [7, 11) is 3.75. The molecule has 3 unspecified atom stereocenters. The zero-order chi connectivity index (χ0) is 11.4. The van der Waals surface area contributed by atoms with E-state index in [2.05, 4.69) is 5.32 Å². The van der Waals surface area contributed by atoms with Gasteiger partial charge in [-0.15, -0.1) is 0 Å². The van der Waals surface area contributed by atoms with Gasteiger partial charge < -0.3 is 15.0 Å². The van der Waals surface area contributed by atoms with Crippen LogP contribution in [0.5, 0.6) is 0 Å². The largest absolute Gasteiger partial charge is 0.376 e. The minimum atomic E-state index is 0.0350. The van der Waals surface area contributed by atoms with E-state index in [1.807, 2.05) is 32.8 Å². The highest BCUT2D eigenvalue weighted by Gasteiger charge is 2.31. The molecule has 0 saturated carbocycles. The molecule has 1 saturated heterocycles. The van der Waals surface area contributed by atoms with Gasteiger partial charge in [0.2, 0.25) is 5.91 Å². The fraction of sp³-hybridized carbons (Fsp3) is 0.909.